The Morgan fingerprint density at radius 2 is 1.93 bits per heavy atom. The van der Waals surface area contributed by atoms with Gasteiger partial charge in [-0.2, -0.15) is 0 Å². The van der Waals surface area contributed by atoms with Crippen molar-refractivity contribution >= 4 is 41.5 Å². The fraction of sp³-hybridized carbons (Fsp3) is 0.619. The second-order valence-corrected chi connectivity index (χ2v) is 7.26. The number of halogens is 1. The van der Waals surface area contributed by atoms with Crippen LogP contribution in [0.1, 0.15) is 44.1 Å². The smallest absolute Gasteiger partial charge is 0.246 e. The average Bonchev–Trinajstić information content (AvgIpc) is 2.96. The van der Waals surface area contributed by atoms with Crippen LogP contribution in [0.25, 0.3) is 0 Å². The number of para-hydroxylation sites is 1. The van der Waals surface area contributed by atoms with Gasteiger partial charge in [-0.3, -0.25) is 9.79 Å². The standard InChI is InChI=1S/C21H32N4O2.HI/c1-22-21(23-13-15-27-18-9-4-2-3-5-10-18)24-16-20(26)25-14-12-17-8-6-7-11-19(17)25;/h6-8,11,18H,2-5,9-10,12-16H2,1H3,(H2,22,23,24);1H. The molecule has 1 aromatic rings. The molecule has 7 heteroatoms. The van der Waals surface area contributed by atoms with Crippen LogP contribution in [-0.2, 0) is 16.0 Å². The van der Waals surface area contributed by atoms with E-state index in [-0.39, 0.29) is 36.4 Å². The molecule has 1 aromatic carbocycles. The number of benzene rings is 1. The van der Waals surface area contributed by atoms with E-state index >= 15 is 0 Å². The zero-order chi connectivity index (χ0) is 18.9. The first-order valence-electron chi connectivity index (χ1n) is 10.2. The van der Waals surface area contributed by atoms with Gasteiger partial charge in [-0.15, -0.1) is 24.0 Å². The van der Waals surface area contributed by atoms with Crippen LogP contribution in [0.4, 0.5) is 5.69 Å². The maximum absolute atomic E-state index is 12.6. The summed E-state index contributed by atoms with van der Waals surface area (Å²) in [5.74, 6) is 0.706. The molecule has 0 saturated heterocycles. The van der Waals surface area contributed by atoms with Gasteiger partial charge in [-0.25, -0.2) is 0 Å². The number of carbonyl (C=O) groups is 1. The highest BCUT2D eigenvalue weighted by Crippen LogP contribution is 2.27. The normalized spacial score (nSPS) is 17.5. The molecule has 28 heavy (non-hydrogen) atoms. The fourth-order valence-corrected chi connectivity index (χ4v) is 3.88. The zero-order valence-electron chi connectivity index (χ0n) is 16.8. The number of nitrogens with zero attached hydrogens (tertiary/aromatic N) is 2. The number of guanidine groups is 1. The molecular formula is C21H33IN4O2. The third-order valence-corrected chi connectivity index (χ3v) is 5.37. The van der Waals surface area contributed by atoms with Crippen LogP contribution in [-0.4, -0.2) is 51.3 Å². The minimum absolute atomic E-state index is 0. The fourth-order valence-electron chi connectivity index (χ4n) is 3.88. The van der Waals surface area contributed by atoms with Crippen molar-refractivity contribution in [3.05, 3.63) is 29.8 Å². The maximum atomic E-state index is 12.6. The maximum Gasteiger partial charge on any atom is 0.246 e. The predicted molar refractivity (Wildman–Crippen MR) is 125 cm³/mol. The van der Waals surface area contributed by atoms with Gasteiger partial charge >= 0.3 is 0 Å². The Labute approximate surface area is 185 Å². The number of rotatable bonds is 6. The minimum Gasteiger partial charge on any atom is -0.376 e. The molecule has 1 aliphatic carbocycles. The molecule has 0 bridgehead atoms. The van der Waals surface area contributed by atoms with Gasteiger partial charge in [0.15, 0.2) is 5.96 Å². The first-order chi connectivity index (χ1) is 13.3. The zero-order valence-corrected chi connectivity index (χ0v) is 19.1. The molecule has 0 unspecified atom stereocenters. The number of aliphatic imine (C=N–C) groups is 1. The second-order valence-electron chi connectivity index (χ2n) is 7.26. The van der Waals surface area contributed by atoms with Gasteiger partial charge in [-0.1, -0.05) is 43.9 Å². The topological polar surface area (TPSA) is 66.0 Å². The number of nitrogens with one attached hydrogen (secondary N) is 2. The lowest BCUT2D eigenvalue weighted by atomic mass is 10.1. The van der Waals surface area contributed by atoms with Gasteiger partial charge < -0.3 is 20.3 Å². The van der Waals surface area contributed by atoms with Crippen molar-refractivity contribution in [1.29, 1.82) is 0 Å². The number of hydrogen-bond donors (Lipinski definition) is 2. The summed E-state index contributed by atoms with van der Waals surface area (Å²) in [6.07, 6.45) is 8.92. The third kappa shape index (κ3) is 6.62. The summed E-state index contributed by atoms with van der Waals surface area (Å²) in [5.41, 5.74) is 2.27. The van der Waals surface area contributed by atoms with Crippen LogP contribution in [0, 0.1) is 0 Å². The Balaban J connectivity index is 0.00000280. The molecule has 1 saturated carbocycles. The van der Waals surface area contributed by atoms with E-state index in [0.717, 1.165) is 18.7 Å². The molecule has 2 N–H and O–H groups in total. The number of anilines is 1. The van der Waals surface area contributed by atoms with Gasteiger partial charge in [0.05, 0.1) is 19.3 Å². The van der Waals surface area contributed by atoms with E-state index in [2.05, 4.69) is 21.7 Å². The first-order valence-corrected chi connectivity index (χ1v) is 10.2. The molecular weight excluding hydrogens is 467 g/mol. The van der Waals surface area contributed by atoms with Crippen LogP contribution < -0.4 is 15.5 Å². The van der Waals surface area contributed by atoms with Gasteiger partial charge in [0.1, 0.15) is 0 Å². The van der Waals surface area contributed by atoms with Crippen LogP contribution in [0.3, 0.4) is 0 Å². The molecule has 6 nitrogen and oxygen atoms in total. The number of fused-ring (bicyclic) bond motifs is 1. The van der Waals surface area contributed by atoms with E-state index in [1.54, 1.807) is 7.05 Å². The molecule has 1 heterocycles. The lowest BCUT2D eigenvalue weighted by Gasteiger charge is -2.19. The SMILES string of the molecule is CN=C(NCCOC1CCCCCC1)NCC(=O)N1CCc2ccccc21.I. The van der Waals surface area contributed by atoms with Crippen molar-refractivity contribution in [3.63, 3.8) is 0 Å². The Bertz CT molecular complexity index is 645. The molecule has 1 fully saturated rings. The van der Waals surface area contributed by atoms with E-state index in [4.69, 9.17) is 4.74 Å². The lowest BCUT2D eigenvalue weighted by Crippen LogP contribution is -2.45. The Kier molecular flexibility index (Phi) is 10.0. The molecule has 156 valence electrons. The monoisotopic (exact) mass is 500 g/mol. The van der Waals surface area contributed by atoms with Crippen LogP contribution in [0.15, 0.2) is 29.3 Å². The van der Waals surface area contributed by atoms with Gasteiger partial charge in [0.25, 0.3) is 0 Å². The molecule has 0 radical (unpaired) electrons. The van der Waals surface area contributed by atoms with Gasteiger partial charge in [0, 0.05) is 25.8 Å². The summed E-state index contributed by atoms with van der Waals surface area (Å²) >= 11 is 0. The third-order valence-electron chi connectivity index (χ3n) is 5.37. The number of amides is 1. The first kappa shape index (κ1) is 22.9. The molecule has 2 aliphatic rings. The quantitative estimate of drug-likeness (QED) is 0.207. The van der Waals surface area contributed by atoms with E-state index in [0.29, 0.717) is 25.2 Å². The van der Waals surface area contributed by atoms with E-state index in [1.807, 2.05) is 23.1 Å². The molecule has 1 aliphatic heterocycles. The van der Waals surface area contributed by atoms with Crippen LogP contribution in [0.5, 0.6) is 0 Å². The van der Waals surface area contributed by atoms with E-state index in [1.165, 1.54) is 44.1 Å². The van der Waals surface area contributed by atoms with Gasteiger partial charge in [-0.05, 0) is 30.9 Å². The van der Waals surface area contributed by atoms with Crippen LogP contribution in [0.2, 0.25) is 0 Å². The molecule has 0 atom stereocenters. The second kappa shape index (κ2) is 12.3. The number of hydrogen-bond acceptors (Lipinski definition) is 3. The summed E-state index contributed by atoms with van der Waals surface area (Å²) in [6, 6.07) is 8.10. The molecule has 0 spiro atoms. The van der Waals surface area contributed by atoms with Crippen LogP contribution >= 0.6 is 24.0 Å². The molecule has 1 amide bonds. The van der Waals surface area contributed by atoms with Crippen molar-refractivity contribution in [2.45, 2.75) is 51.0 Å². The van der Waals surface area contributed by atoms with Gasteiger partial charge in [0.2, 0.25) is 5.91 Å². The highest BCUT2D eigenvalue weighted by molar-refractivity contribution is 14.0. The lowest BCUT2D eigenvalue weighted by molar-refractivity contribution is -0.117. The summed E-state index contributed by atoms with van der Waals surface area (Å²) in [7, 11) is 1.72. The summed E-state index contributed by atoms with van der Waals surface area (Å²) < 4.78 is 5.98. The highest BCUT2D eigenvalue weighted by Gasteiger charge is 2.23. The molecule has 0 aromatic heterocycles. The van der Waals surface area contributed by atoms with Crippen molar-refractivity contribution in [2.24, 2.45) is 4.99 Å². The van der Waals surface area contributed by atoms with Crippen molar-refractivity contribution in [3.8, 4) is 0 Å². The highest BCUT2D eigenvalue weighted by atomic mass is 127. The number of carbonyl (C=O) groups excluding carboxylic acids is 1. The average molecular weight is 500 g/mol. The Morgan fingerprint density at radius 1 is 1.18 bits per heavy atom. The van der Waals surface area contributed by atoms with Crippen molar-refractivity contribution < 1.29 is 9.53 Å². The largest absolute Gasteiger partial charge is 0.376 e. The number of ether oxygens (including phenoxy) is 1. The summed E-state index contributed by atoms with van der Waals surface area (Å²) in [5, 5.41) is 6.35. The summed E-state index contributed by atoms with van der Waals surface area (Å²) in [4.78, 5) is 18.6. The molecule has 3 rings (SSSR count). The van der Waals surface area contributed by atoms with Crippen molar-refractivity contribution in [2.75, 3.05) is 38.2 Å². The van der Waals surface area contributed by atoms with E-state index in [9.17, 15) is 4.79 Å². The van der Waals surface area contributed by atoms with Crippen molar-refractivity contribution in [1.82, 2.24) is 10.6 Å². The minimum atomic E-state index is 0. The Morgan fingerprint density at radius 3 is 2.68 bits per heavy atom. The summed E-state index contributed by atoms with van der Waals surface area (Å²) in [6.45, 7) is 2.34. The van der Waals surface area contributed by atoms with E-state index < -0.39 is 0 Å². The Hall–Kier alpha value is -1.35. The predicted octanol–water partition coefficient (Wildman–Crippen LogP) is 3.10.